The summed E-state index contributed by atoms with van der Waals surface area (Å²) in [6.45, 7) is 1.98. The molecule has 2 rings (SSSR count). The molecule has 0 aromatic heterocycles. The highest BCUT2D eigenvalue weighted by Gasteiger charge is 2.19. The van der Waals surface area contributed by atoms with E-state index >= 15 is 0 Å². The first-order valence-electron chi connectivity index (χ1n) is 6.74. The summed E-state index contributed by atoms with van der Waals surface area (Å²) < 4.78 is 5.18. The van der Waals surface area contributed by atoms with Crippen molar-refractivity contribution in [3.8, 4) is 5.75 Å². The third-order valence-electron chi connectivity index (χ3n) is 3.54. The van der Waals surface area contributed by atoms with Gasteiger partial charge in [0.05, 0.1) is 19.3 Å². The van der Waals surface area contributed by atoms with E-state index in [1.54, 1.807) is 7.11 Å². The average molecular weight is 271 g/mol. The van der Waals surface area contributed by atoms with E-state index in [4.69, 9.17) is 10.5 Å². The zero-order chi connectivity index (χ0) is 14.5. The fourth-order valence-corrected chi connectivity index (χ4v) is 2.34. The Balaban J connectivity index is 2.12. The fourth-order valence-electron chi connectivity index (χ4n) is 2.34. The summed E-state index contributed by atoms with van der Waals surface area (Å²) in [7, 11) is 1.64. The molecule has 0 heterocycles. The van der Waals surface area contributed by atoms with Gasteiger partial charge in [0.15, 0.2) is 0 Å². The lowest BCUT2D eigenvalue weighted by Gasteiger charge is -2.21. The summed E-state index contributed by atoms with van der Waals surface area (Å²) in [4.78, 5) is 0. The van der Waals surface area contributed by atoms with Crippen molar-refractivity contribution in [2.45, 2.75) is 25.5 Å². The van der Waals surface area contributed by atoms with Gasteiger partial charge in [-0.15, -0.1) is 0 Å². The van der Waals surface area contributed by atoms with Crippen LogP contribution in [-0.4, -0.2) is 18.3 Å². The number of rotatable bonds is 5. The first-order chi connectivity index (χ1) is 9.61. The Morgan fingerprint density at radius 2 is 1.85 bits per heavy atom. The van der Waals surface area contributed by atoms with Crippen LogP contribution in [0, 0.1) is 6.92 Å². The third kappa shape index (κ3) is 3.38. The predicted molar refractivity (Wildman–Crippen MR) is 80.8 cm³/mol. The Morgan fingerprint density at radius 3 is 2.45 bits per heavy atom. The number of nitrogens with two attached hydrogens (primary N) is 1. The van der Waals surface area contributed by atoms with Gasteiger partial charge in [-0.05, 0) is 35.7 Å². The second-order valence-electron chi connectivity index (χ2n) is 5.01. The minimum absolute atomic E-state index is 0.402. The van der Waals surface area contributed by atoms with Crippen molar-refractivity contribution >= 4 is 0 Å². The van der Waals surface area contributed by atoms with Crippen LogP contribution in [0.15, 0.2) is 48.5 Å². The van der Waals surface area contributed by atoms with Crippen LogP contribution in [0.1, 0.15) is 22.7 Å². The van der Waals surface area contributed by atoms with Crippen molar-refractivity contribution in [1.29, 1.82) is 0 Å². The highest BCUT2D eigenvalue weighted by molar-refractivity contribution is 5.37. The van der Waals surface area contributed by atoms with Gasteiger partial charge in [-0.3, -0.25) is 0 Å². The van der Waals surface area contributed by atoms with E-state index < -0.39 is 12.1 Å². The molecule has 0 saturated carbocycles. The number of ether oxygens (including phenoxy) is 1. The Morgan fingerprint density at radius 1 is 1.15 bits per heavy atom. The maximum Gasteiger partial charge on any atom is 0.119 e. The number of aliphatic hydroxyl groups is 1. The molecular weight excluding hydrogens is 250 g/mol. The SMILES string of the molecule is COc1ccc([C@H](N)[C@H](O)Cc2ccccc2)c(C)c1. The Bertz CT molecular complexity index is 554. The maximum atomic E-state index is 10.3. The minimum atomic E-state index is -0.607. The second kappa shape index (κ2) is 6.55. The summed E-state index contributed by atoms with van der Waals surface area (Å²) in [6, 6.07) is 15.2. The summed E-state index contributed by atoms with van der Waals surface area (Å²) in [5, 5.41) is 10.3. The molecule has 0 bridgehead atoms. The topological polar surface area (TPSA) is 55.5 Å². The summed E-state index contributed by atoms with van der Waals surface area (Å²) in [5.74, 6) is 0.802. The monoisotopic (exact) mass is 271 g/mol. The summed E-state index contributed by atoms with van der Waals surface area (Å²) in [5.41, 5.74) is 9.26. The first-order valence-corrected chi connectivity index (χ1v) is 6.74. The van der Waals surface area contributed by atoms with Crippen LogP contribution < -0.4 is 10.5 Å². The lowest BCUT2D eigenvalue weighted by Crippen LogP contribution is -2.28. The van der Waals surface area contributed by atoms with Crippen molar-refractivity contribution in [3.05, 3.63) is 65.2 Å². The zero-order valence-electron chi connectivity index (χ0n) is 11.9. The summed E-state index contributed by atoms with van der Waals surface area (Å²) in [6.07, 6.45) is -0.0579. The van der Waals surface area contributed by atoms with Crippen molar-refractivity contribution in [2.24, 2.45) is 5.73 Å². The van der Waals surface area contributed by atoms with Crippen LogP contribution >= 0.6 is 0 Å². The van der Waals surface area contributed by atoms with E-state index in [0.29, 0.717) is 6.42 Å². The quantitative estimate of drug-likeness (QED) is 0.879. The third-order valence-corrected chi connectivity index (χ3v) is 3.54. The van der Waals surface area contributed by atoms with E-state index in [1.165, 1.54) is 0 Å². The van der Waals surface area contributed by atoms with Crippen LogP contribution in [0.4, 0.5) is 0 Å². The first kappa shape index (κ1) is 14.6. The molecule has 0 unspecified atom stereocenters. The molecule has 0 aliphatic rings. The smallest absolute Gasteiger partial charge is 0.119 e. The number of hydrogen-bond acceptors (Lipinski definition) is 3. The fraction of sp³-hybridized carbons (Fsp3) is 0.294. The van der Waals surface area contributed by atoms with Gasteiger partial charge >= 0.3 is 0 Å². The molecular formula is C17H21NO2. The van der Waals surface area contributed by atoms with Crippen molar-refractivity contribution in [2.75, 3.05) is 7.11 Å². The molecule has 2 atom stereocenters. The molecule has 0 fully saturated rings. The number of aryl methyl sites for hydroxylation is 1. The van der Waals surface area contributed by atoms with Gasteiger partial charge in [0.2, 0.25) is 0 Å². The van der Waals surface area contributed by atoms with E-state index in [1.807, 2.05) is 55.5 Å². The predicted octanol–water partition coefficient (Wildman–Crippen LogP) is 2.61. The van der Waals surface area contributed by atoms with Crippen molar-refractivity contribution in [3.63, 3.8) is 0 Å². The van der Waals surface area contributed by atoms with Gasteiger partial charge in [0, 0.05) is 6.42 Å². The van der Waals surface area contributed by atoms with Gasteiger partial charge in [-0.1, -0.05) is 36.4 Å². The maximum absolute atomic E-state index is 10.3. The molecule has 0 aliphatic heterocycles. The Kier molecular flexibility index (Phi) is 4.77. The van der Waals surface area contributed by atoms with Gasteiger partial charge in [0.25, 0.3) is 0 Å². The molecule has 0 saturated heterocycles. The van der Waals surface area contributed by atoms with Crippen LogP contribution in [0.2, 0.25) is 0 Å². The number of benzene rings is 2. The normalized spacial score (nSPS) is 13.8. The second-order valence-corrected chi connectivity index (χ2v) is 5.01. The number of aliphatic hydroxyl groups excluding tert-OH is 1. The zero-order valence-corrected chi connectivity index (χ0v) is 11.9. The van der Waals surface area contributed by atoms with Gasteiger partial charge in [0.1, 0.15) is 5.75 Å². The molecule has 0 radical (unpaired) electrons. The summed E-state index contributed by atoms with van der Waals surface area (Å²) >= 11 is 0. The van der Waals surface area contributed by atoms with E-state index in [2.05, 4.69) is 0 Å². The molecule has 0 spiro atoms. The van der Waals surface area contributed by atoms with Crippen molar-refractivity contribution < 1.29 is 9.84 Å². The van der Waals surface area contributed by atoms with E-state index in [-0.39, 0.29) is 0 Å². The highest BCUT2D eigenvalue weighted by Crippen LogP contribution is 2.24. The number of methoxy groups -OCH3 is 1. The molecule has 106 valence electrons. The van der Waals surface area contributed by atoms with Crippen LogP contribution in [0.25, 0.3) is 0 Å². The number of hydrogen-bond donors (Lipinski definition) is 2. The van der Waals surface area contributed by atoms with E-state index in [9.17, 15) is 5.11 Å². The van der Waals surface area contributed by atoms with Gasteiger partial charge in [-0.25, -0.2) is 0 Å². The van der Waals surface area contributed by atoms with Crippen LogP contribution in [0.3, 0.4) is 0 Å². The Hall–Kier alpha value is -1.84. The average Bonchev–Trinajstić information content (AvgIpc) is 2.47. The minimum Gasteiger partial charge on any atom is -0.497 e. The van der Waals surface area contributed by atoms with Crippen molar-refractivity contribution in [1.82, 2.24) is 0 Å². The molecule has 20 heavy (non-hydrogen) atoms. The van der Waals surface area contributed by atoms with E-state index in [0.717, 1.165) is 22.4 Å². The molecule has 2 aromatic carbocycles. The van der Waals surface area contributed by atoms with Gasteiger partial charge < -0.3 is 15.6 Å². The lowest BCUT2D eigenvalue weighted by atomic mass is 9.94. The standard InChI is InChI=1S/C17H21NO2/c1-12-10-14(20-2)8-9-15(12)17(18)16(19)11-13-6-4-3-5-7-13/h3-10,16-17,19H,11,18H2,1-2H3/t16-,17+/m1/s1. The van der Waals surface area contributed by atoms with Gasteiger partial charge in [-0.2, -0.15) is 0 Å². The highest BCUT2D eigenvalue weighted by atomic mass is 16.5. The lowest BCUT2D eigenvalue weighted by molar-refractivity contribution is 0.145. The Labute approximate surface area is 120 Å². The molecule has 3 heteroatoms. The molecule has 2 aromatic rings. The molecule has 3 nitrogen and oxygen atoms in total. The molecule has 3 N–H and O–H groups in total. The van der Waals surface area contributed by atoms with Crippen LogP contribution in [-0.2, 0) is 6.42 Å². The largest absolute Gasteiger partial charge is 0.497 e. The molecule has 0 amide bonds. The van der Waals surface area contributed by atoms with Crippen LogP contribution in [0.5, 0.6) is 5.75 Å². The molecule has 0 aliphatic carbocycles.